The van der Waals surface area contributed by atoms with Gasteiger partial charge < -0.3 is 4.43 Å². The maximum absolute atomic E-state index is 5.72. The zero-order valence-corrected chi connectivity index (χ0v) is 8.91. The third kappa shape index (κ3) is 4.62. The molecule has 0 heterocycles. The van der Waals surface area contributed by atoms with Gasteiger partial charge in [0.25, 0.3) is 0 Å². The van der Waals surface area contributed by atoms with Crippen molar-refractivity contribution in [1.82, 2.24) is 0 Å². The van der Waals surface area contributed by atoms with Gasteiger partial charge in [0.15, 0.2) is 0 Å². The smallest absolute Gasteiger partial charge is 0.241 e. The van der Waals surface area contributed by atoms with E-state index in [4.69, 9.17) is 4.43 Å². The van der Waals surface area contributed by atoms with Crippen molar-refractivity contribution in [2.24, 2.45) is 0 Å². The van der Waals surface area contributed by atoms with E-state index in [2.05, 4.69) is 33.5 Å². The SMILES string of the molecule is CC(C)=C(C)O[Si](C)(C)C. The first-order valence-electron chi connectivity index (χ1n) is 3.66. The summed E-state index contributed by atoms with van der Waals surface area (Å²) in [5, 5.41) is 0. The summed E-state index contributed by atoms with van der Waals surface area (Å²) in [7, 11) is -1.34. The first-order valence-corrected chi connectivity index (χ1v) is 7.07. The van der Waals surface area contributed by atoms with Crippen molar-refractivity contribution >= 4 is 8.32 Å². The summed E-state index contributed by atoms with van der Waals surface area (Å²) >= 11 is 0. The van der Waals surface area contributed by atoms with E-state index in [0.717, 1.165) is 5.76 Å². The minimum atomic E-state index is -1.34. The van der Waals surface area contributed by atoms with Crippen LogP contribution in [0.1, 0.15) is 20.8 Å². The summed E-state index contributed by atoms with van der Waals surface area (Å²) in [4.78, 5) is 0. The van der Waals surface area contributed by atoms with Crippen molar-refractivity contribution in [2.75, 3.05) is 0 Å². The molecule has 0 amide bonds. The molecule has 10 heavy (non-hydrogen) atoms. The third-order valence-corrected chi connectivity index (χ3v) is 2.08. The van der Waals surface area contributed by atoms with Gasteiger partial charge in [-0.25, -0.2) is 0 Å². The Morgan fingerprint density at radius 3 is 1.50 bits per heavy atom. The lowest BCUT2D eigenvalue weighted by molar-refractivity contribution is 0.418. The Morgan fingerprint density at radius 1 is 1.00 bits per heavy atom. The van der Waals surface area contributed by atoms with Crippen LogP contribution in [0.2, 0.25) is 19.6 Å². The van der Waals surface area contributed by atoms with Crippen LogP contribution in [-0.4, -0.2) is 8.32 Å². The summed E-state index contributed by atoms with van der Waals surface area (Å²) in [5.41, 5.74) is 1.28. The molecule has 0 rings (SSSR count). The van der Waals surface area contributed by atoms with Crippen LogP contribution < -0.4 is 0 Å². The molecule has 0 aromatic carbocycles. The predicted octanol–water partition coefficient (Wildman–Crippen LogP) is 3.15. The molecule has 0 atom stereocenters. The van der Waals surface area contributed by atoms with Crippen LogP contribution in [0.5, 0.6) is 0 Å². The third-order valence-electron chi connectivity index (χ3n) is 1.16. The molecule has 0 bridgehead atoms. The van der Waals surface area contributed by atoms with Crippen LogP contribution in [0.3, 0.4) is 0 Å². The van der Waals surface area contributed by atoms with Crippen LogP contribution >= 0.6 is 0 Å². The van der Waals surface area contributed by atoms with Crippen LogP contribution in [0, 0.1) is 0 Å². The topological polar surface area (TPSA) is 9.23 Å². The summed E-state index contributed by atoms with van der Waals surface area (Å²) in [5.74, 6) is 1.10. The molecule has 0 aliphatic carbocycles. The van der Waals surface area contributed by atoms with E-state index in [9.17, 15) is 0 Å². The van der Waals surface area contributed by atoms with Gasteiger partial charge in [-0.05, 0) is 46.0 Å². The average molecular weight is 158 g/mol. The molecule has 0 fully saturated rings. The number of allylic oxidation sites excluding steroid dienone is 2. The predicted molar refractivity (Wildman–Crippen MR) is 48.5 cm³/mol. The Balaban J connectivity index is 4.06. The average Bonchev–Trinajstić information content (AvgIpc) is 1.60. The second-order valence-electron chi connectivity index (χ2n) is 3.77. The van der Waals surface area contributed by atoms with Crippen molar-refractivity contribution < 1.29 is 4.43 Å². The van der Waals surface area contributed by atoms with E-state index in [0.29, 0.717) is 0 Å². The van der Waals surface area contributed by atoms with Gasteiger partial charge in [-0.1, -0.05) is 0 Å². The van der Waals surface area contributed by atoms with Crippen molar-refractivity contribution in [3.05, 3.63) is 11.3 Å². The zero-order chi connectivity index (χ0) is 8.36. The monoisotopic (exact) mass is 158 g/mol. The van der Waals surface area contributed by atoms with E-state index >= 15 is 0 Å². The van der Waals surface area contributed by atoms with Crippen LogP contribution in [0.4, 0.5) is 0 Å². The molecule has 2 heteroatoms. The lowest BCUT2D eigenvalue weighted by Gasteiger charge is -2.20. The largest absolute Gasteiger partial charge is 0.548 e. The lowest BCUT2D eigenvalue weighted by Crippen LogP contribution is -2.24. The highest BCUT2D eigenvalue weighted by molar-refractivity contribution is 6.70. The van der Waals surface area contributed by atoms with Gasteiger partial charge in [-0.15, -0.1) is 0 Å². The maximum atomic E-state index is 5.72. The van der Waals surface area contributed by atoms with Crippen molar-refractivity contribution in [3.8, 4) is 0 Å². The molecule has 60 valence electrons. The molecule has 1 nitrogen and oxygen atoms in total. The standard InChI is InChI=1S/C8H18OSi/c1-7(2)8(3)9-10(4,5)6/h1-6H3. The van der Waals surface area contributed by atoms with Crippen molar-refractivity contribution in [2.45, 2.75) is 40.4 Å². The Labute approximate surface area is 65.2 Å². The van der Waals surface area contributed by atoms with Gasteiger partial charge in [0.2, 0.25) is 8.32 Å². The van der Waals surface area contributed by atoms with Gasteiger partial charge in [0.1, 0.15) is 0 Å². The second-order valence-corrected chi connectivity index (χ2v) is 8.20. The molecule has 0 saturated heterocycles. The highest BCUT2D eigenvalue weighted by Crippen LogP contribution is 2.12. The maximum Gasteiger partial charge on any atom is 0.241 e. The Morgan fingerprint density at radius 2 is 1.40 bits per heavy atom. The zero-order valence-electron chi connectivity index (χ0n) is 7.91. The second kappa shape index (κ2) is 3.24. The van der Waals surface area contributed by atoms with Crippen molar-refractivity contribution in [3.63, 3.8) is 0 Å². The van der Waals surface area contributed by atoms with Crippen LogP contribution in [0.15, 0.2) is 11.3 Å². The first-order chi connectivity index (χ1) is 4.33. The highest BCUT2D eigenvalue weighted by Gasteiger charge is 2.15. The summed E-state index contributed by atoms with van der Waals surface area (Å²) in [6.45, 7) is 12.8. The quantitative estimate of drug-likeness (QED) is 0.443. The van der Waals surface area contributed by atoms with E-state index in [1.54, 1.807) is 0 Å². The molecule has 0 spiro atoms. The Hall–Kier alpha value is -0.243. The minimum absolute atomic E-state index is 1.10. The fraction of sp³-hybridized carbons (Fsp3) is 0.750. The van der Waals surface area contributed by atoms with Crippen LogP contribution in [-0.2, 0) is 4.43 Å². The first kappa shape index (κ1) is 9.76. The molecule has 0 unspecified atom stereocenters. The molecule has 0 aromatic rings. The molecule has 0 aliphatic heterocycles. The fourth-order valence-corrected chi connectivity index (χ4v) is 1.68. The molecule has 0 N–H and O–H groups in total. The molecule has 0 saturated carbocycles. The Kier molecular flexibility index (Phi) is 3.16. The lowest BCUT2D eigenvalue weighted by atomic mass is 10.3. The fourth-order valence-electron chi connectivity index (χ4n) is 0.561. The number of rotatable bonds is 2. The number of hydrogen-bond acceptors (Lipinski definition) is 1. The molecular weight excluding hydrogens is 140 g/mol. The summed E-state index contributed by atoms with van der Waals surface area (Å²) < 4.78 is 5.72. The number of hydrogen-bond donors (Lipinski definition) is 0. The highest BCUT2D eigenvalue weighted by atomic mass is 28.4. The molecule has 0 aromatic heterocycles. The van der Waals surface area contributed by atoms with E-state index in [-0.39, 0.29) is 0 Å². The summed E-state index contributed by atoms with van der Waals surface area (Å²) in [6, 6.07) is 0. The molecule has 0 radical (unpaired) electrons. The van der Waals surface area contributed by atoms with E-state index in [1.807, 2.05) is 6.92 Å². The van der Waals surface area contributed by atoms with Gasteiger partial charge in [-0.2, -0.15) is 0 Å². The van der Waals surface area contributed by atoms with E-state index in [1.165, 1.54) is 5.57 Å². The van der Waals surface area contributed by atoms with Crippen molar-refractivity contribution in [1.29, 1.82) is 0 Å². The molecule has 0 aliphatic rings. The van der Waals surface area contributed by atoms with E-state index < -0.39 is 8.32 Å². The van der Waals surface area contributed by atoms with Crippen LogP contribution in [0.25, 0.3) is 0 Å². The van der Waals surface area contributed by atoms with Gasteiger partial charge >= 0.3 is 0 Å². The van der Waals surface area contributed by atoms with Gasteiger partial charge in [-0.3, -0.25) is 0 Å². The van der Waals surface area contributed by atoms with Gasteiger partial charge in [0, 0.05) is 0 Å². The summed E-state index contributed by atoms with van der Waals surface area (Å²) in [6.07, 6.45) is 0. The normalized spacial score (nSPS) is 11.0. The molecular formula is C8H18OSi. The Bertz CT molecular complexity index is 138. The minimum Gasteiger partial charge on any atom is -0.548 e. The van der Waals surface area contributed by atoms with Gasteiger partial charge in [0.05, 0.1) is 5.76 Å².